The van der Waals surface area contributed by atoms with Crippen LogP contribution in [0.25, 0.3) is 0 Å². The normalized spacial score (nSPS) is 11.6. The van der Waals surface area contributed by atoms with E-state index in [1.54, 1.807) is 14.2 Å². The lowest BCUT2D eigenvalue weighted by Gasteiger charge is -2.23. The number of nitrogens with one attached hydrogen (secondary N) is 2. The quantitative estimate of drug-likeness (QED) is 0.472. The van der Waals surface area contributed by atoms with Gasteiger partial charge in [0.2, 0.25) is 0 Å². The first-order valence-electron chi connectivity index (χ1n) is 6.57. The van der Waals surface area contributed by atoms with Gasteiger partial charge in [-0.3, -0.25) is 4.99 Å². The molecule has 20 heavy (non-hydrogen) atoms. The van der Waals surface area contributed by atoms with Crippen molar-refractivity contribution in [1.29, 1.82) is 0 Å². The third kappa shape index (κ3) is 6.98. The zero-order valence-electron chi connectivity index (χ0n) is 13.0. The second-order valence-electron chi connectivity index (χ2n) is 5.44. The Morgan fingerprint density at radius 3 is 2.45 bits per heavy atom. The maximum absolute atomic E-state index is 5.34. The van der Waals surface area contributed by atoms with Crippen LogP contribution in [-0.2, 0) is 6.42 Å². The molecule has 0 aliphatic rings. The Hall–Kier alpha value is -0.980. The van der Waals surface area contributed by atoms with Crippen molar-refractivity contribution in [2.75, 3.05) is 20.7 Å². The fourth-order valence-electron chi connectivity index (χ4n) is 1.76. The number of hydrogen-bond acceptors (Lipinski definition) is 2. The average Bonchev–Trinajstić information content (AvgIpc) is 2.36. The SMILES string of the molecule is CN=C(NCCc1ccccc1OC)NC(C)(C)C.I. The molecule has 0 fully saturated rings. The minimum atomic E-state index is 0. The van der Waals surface area contributed by atoms with Crippen molar-refractivity contribution < 1.29 is 4.74 Å². The number of guanidine groups is 1. The summed E-state index contributed by atoms with van der Waals surface area (Å²) in [7, 11) is 3.48. The number of aliphatic imine (C=N–C) groups is 1. The number of methoxy groups -OCH3 is 1. The van der Waals surface area contributed by atoms with Crippen LogP contribution in [-0.4, -0.2) is 32.2 Å². The van der Waals surface area contributed by atoms with Gasteiger partial charge in [0.15, 0.2) is 5.96 Å². The summed E-state index contributed by atoms with van der Waals surface area (Å²) in [6, 6.07) is 8.08. The third-order valence-corrected chi connectivity index (χ3v) is 2.60. The summed E-state index contributed by atoms with van der Waals surface area (Å²) >= 11 is 0. The van der Waals surface area contributed by atoms with Crippen LogP contribution < -0.4 is 15.4 Å². The Balaban J connectivity index is 0.00000361. The Labute approximate surface area is 139 Å². The van der Waals surface area contributed by atoms with Gasteiger partial charge in [0, 0.05) is 19.1 Å². The minimum Gasteiger partial charge on any atom is -0.496 e. The number of hydrogen-bond donors (Lipinski definition) is 2. The van der Waals surface area contributed by atoms with E-state index >= 15 is 0 Å². The zero-order chi connectivity index (χ0) is 14.3. The van der Waals surface area contributed by atoms with Crippen molar-refractivity contribution in [3.05, 3.63) is 29.8 Å². The number of benzene rings is 1. The molecule has 1 aromatic rings. The van der Waals surface area contributed by atoms with E-state index in [1.807, 2.05) is 18.2 Å². The maximum Gasteiger partial charge on any atom is 0.191 e. The van der Waals surface area contributed by atoms with Gasteiger partial charge < -0.3 is 15.4 Å². The van der Waals surface area contributed by atoms with E-state index in [0.29, 0.717) is 0 Å². The molecule has 0 radical (unpaired) electrons. The van der Waals surface area contributed by atoms with Crippen LogP contribution in [0.1, 0.15) is 26.3 Å². The molecule has 0 aliphatic heterocycles. The molecule has 0 aliphatic carbocycles. The summed E-state index contributed by atoms with van der Waals surface area (Å²) in [5, 5.41) is 6.64. The van der Waals surface area contributed by atoms with Crippen LogP contribution in [0, 0.1) is 0 Å². The molecule has 0 bridgehead atoms. The van der Waals surface area contributed by atoms with E-state index < -0.39 is 0 Å². The predicted molar refractivity (Wildman–Crippen MR) is 96.4 cm³/mol. The molecule has 5 heteroatoms. The molecule has 0 atom stereocenters. The van der Waals surface area contributed by atoms with Gasteiger partial charge in [-0.1, -0.05) is 18.2 Å². The lowest BCUT2D eigenvalue weighted by Crippen LogP contribution is -2.48. The average molecular weight is 391 g/mol. The van der Waals surface area contributed by atoms with E-state index in [1.165, 1.54) is 5.56 Å². The summed E-state index contributed by atoms with van der Waals surface area (Å²) in [6.07, 6.45) is 0.898. The molecule has 1 aromatic carbocycles. The second kappa shape index (κ2) is 9.05. The largest absolute Gasteiger partial charge is 0.496 e. The highest BCUT2D eigenvalue weighted by Crippen LogP contribution is 2.17. The van der Waals surface area contributed by atoms with Crippen LogP contribution >= 0.6 is 24.0 Å². The van der Waals surface area contributed by atoms with Gasteiger partial charge in [-0.05, 0) is 38.8 Å². The molecule has 4 nitrogen and oxygen atoms in total. The summed E-state index contributed by atoms with van der Waals surface area (Å²) in [6.45, 7) is 7.15. The molecule has 0 amide bonds. The topological polar surface area (TPSA) is 45.7 Å². The summed E-state index contributed by atoms with van der Waals surface area (Å²) in [5.41, 5.74) is 1.20. The van der Waals surface area contributed by atoms with Gasteiger partial charge in [0.05, 0.1) is 7.11 Å². The fraction of sp³-hybridized carbons (Fsp3) is 0.533. The number of halogens is 1. The van der Waals surface area contributed by atoms with Crippen LogP contribution in [0.3, 0.4) is 0 Å². The Morgan fingerprint density at radius 1 is 1.25 bits per heavy atom. The van der Waals surface area contributed by atoms with Crippen molar-refractivity contribution >= 4 is 29.9 Å². The molecule has 0 spiro atoms. The Kier molecular flexibility index (Phi) is 8.60. The van der Waals surface area contributed by atoms with E-state index in [2.05, 4.69) is 42.5 Å². The number of rotatable bonds is 4. The van der Waals surface area contributed by atoms with Gasteiger partial charge in [-0.25, -0.2) is 0 Å². The number of nitrogens with zero attached hydrogens (tertiary/aromatic N) is 1. The molecule has 0 aromatic heterocycles. The van der Waals surface area contributed by atoms with Crippen molar-refractivity contribution in [2.24, 2.45) is 4.99 Å². The van der Waals surface area contributed by atoms with Crippen LogP contribution in [0.15, 0.2) is 29.3 Å². The molecule has 2 N–H and O–H groups in total. The lowest BCUT2D eigenvalue weighted by molar-refractivity contribution is 0.409. The van der Waals surface area contributed by atoms with E-state index in [-0.39, 0.29) is 29.5 Å². The molecule has 114 valence electrons. The molecule has 0 saturated carbocycles. The van der Waals surface area contributed by atoms with Crippen molar-refractivity contribution in [3.8, 4) is 5.75 Å². The highest BCUT2D eigenvalue weighted by molar-refractivity contribution is 14.0. The first kappa shape index (κ1) is 19.0. The predicted octanol–water partition coefficient (Wildman–Crippen LogP) is 2.82. The van der Waals surface area contributed by atoms with Gasteiger partial charge in [0.1, 0.15) is 5.75 Å². The van der Waals surface area contributed by atoms with Crippen LogP contribution in [0.5, 0.6) is 5.75 Å². The molecule has 1 rings (SSSR count). The zero-order valence-corrected chi connectivity index (χ0v) is 15.3. The highest BCUT2D eigenvalue weighted by Gasteiger charge is 2.11. The van der Waals surface area contributed by atoms with Crippen molar-refractivity contribution in [3.63, 3.8) is 0 Å². The first-order valence-corrected chi connectivity index (χ1v) is 6.57. The van der Waals surface area contributed by atoms with Gasteiger partial charge in [-0.15, -0.1) is 24.0 Å². The third-order valence-electron chi connectivity index (χ3n) is 2.60. The molecule has 0 saturated heterocycles. The van der Waals surface area contributed by atoms with E-state index in [0.717, 1.165) is 24.7 Å². The monoisotopic (exact) mass is 391 g/mol. The smallest absolute Gasteiger partial charge is 0.191 e. The van der Waals surface area contributed by atoms with Crippen LogP contribution in [0.2, 0.25) is 0 Å². The van der Waals surface area contributed by atoms with E-state index in [4.69, 9.17) is 4.74 Å². The molecular formula is C15H26IN3O. The molecule has 0 heterocycles. The Morgan fingerprint density at radius 2 is 1.90 bits per heavy atom. The van der Waals surface area contributed by atoms with Crippen molar-refractivity contribution in [2.45, 2.75) is 32.7 Å². The first-order chi connectivity index (χ1) is 8.96. The molecule has 0 unspecified atom stereocenters. The highest BCUT2D eigenvalue weighted by atomic mass is 127. The van der Waals surface area contributed by atoms with Gasteiger partial charge >= 0.3 is 0 Å². The van der Waals surface area contributed by atoms with E-state index in [9.17, 15) is 0 Å². The summed E-state index contributed by atoms with van der Waals surface area (Å²) in [5.74, 6) is 1.76. The van der Waals surface area contributed by atoms with Crippen molar-refractivity contribution in [1.82, 2.24) is 10.6 Å². The maximum atomic E-state index is 5.34. The number of para-hydroxylation sites is 1. The van der Waals surface area contributed by atoms with Crippen LogP contribution in [0.4, 0.5) is 0 Å². The second-order valence-corrected chi connectivity index (χ2v) is 5.44. The fourth-order valence-corrected chi connectivity index (χ4v) is 1.76. The number of ether oxygens (including phenoxy) is 1. The Bertz CT molecular complexity index is 427. The lowest BCUT2D eigenvalue weighted by atomic mass is 10.1. The van der Waals surface area contributed by atoms with Gasteiger partial charge in [-0.2, -0.15) is 0 Å². The standard InChI is InChI=1S/C15H25N3O.HI/c1-15(2,3)18-14(16-4)17-11-10-12-8-6-7-9-13(12)19-5;/h6-9H,10-11H2,1-5H3,(H2,16,17,18);1H. The minimum absolute atomic E-state index is 0. The summed E-state index contributed by atoms with van der Waals surface area (Å²) < 4.78 is 5.34. The molecular weight excluding hydrogens is 365 g/mol. The summed E-state index contributed by atoms with van der Waals surface area (Å²) in [4.78, 5) is 4.21. The van der Waals surface area contributed by atoms with Gasteiger partial charge in [0.25, 0.3) is 0 Å².